The topological polar surface area (TPSA) is 181 Å². The normalized spacial score (nSPS) is 40.6. The minimum atomic E-state index is -1.41. The molecule has 2 aliphatic rings. The van der Waals surface area contributed by atoms with E-state index in [1.807, 2.05) is 0 Å². The molecular formula is C16H27NO11. The van der Waals surface area contributed by atoms with E-state index < -0.39 is 61.7 Å². The molecule has 162 valence electrons. The first-order valence-corrected chi connectivity index (χ1v) is 8.58. The van der Waals surface area contributed by atoms with Crippen LogP contribution in [0, 0.1) is 0 Å². The number of carbonyl (C=O) groups is 1. The molecule has 2 heterocycles. The largest absolute Gasteiger partial charge is 0.394 e. The number of carbonyl (C=O) groups excluding carboxylic acids is 3. The number of nitrogens with one attached hydrogen (secondary N) is 1. The van der Waals surface area contributed by atoms with Gasteiger partial charge in [0, 0.05) is 14.0 Å². The van der Waals surface area contributed by atoms with E-state index in [1.165, 1.54) is 14.0 Å². The van der Waals surface area contributed by atoms with Crippen molar-refractivity contribution >= 4 is 12.1 Å². The van der Waals surface area contributed by atoms with Crippen LogP contribution in [0.15, 0.2) is 0 Å². The van der Waals surface area contributed by atoms with Gasteiger partial charge in [-0.25, -0.2) is 0 Å². The summed E-state index contributed by atoms with van der Waals surface area (Å²) in [6.07, 6.45) is -8.09. The third-order valence-electron chi connectivity index (χ3n) is 4.54. The van der Waals surface area contributed by atoms with Crippen molar-refractivity contribution in [2.75, 3.05) is 20.3 Å². The van der Waals surface area contributed by atoms with Gasteiger partial charge in [0.2, 0.25) is 5.91 Å². The van der Waals surface area contributed by atoms with Crippen molar-refractivity contribution in [1.82, 2.24) is 5.32 Å². The Balaban J connectivity index is 0.00000122. The number of aliphatic hydroxyl groups excluding tert-OH is 4. The number of aliphatic hydroxyl groups is 4. The lowest BCUT2D eigenvalue weighted by atomic mass is 9.93. The summed E-state index contributed by atoms with van der Waals surface area (Å²) in [5.74, 6) is -0.353. The molecule has 5 N–H and O–H groups in total. The van der Waals surface area contributed by atoms with Gasteiger partial charge >= 0.3 is 6.15 Å². The maximum Gasteiger partial charge on any atom is 0.373 e. The molecule has 0 spiro atoms. The maximum absolute atomic E-state index is 11.5. The minimum Gasteiger partial charge on any atom is -0.394 e. The van der Waals surface area contributed by atoms with E-state index in [9.17, 15) is 25.2 Å². The van der Waals surface area contributed by atoms with E-state index in [0.717, 1.165) is 0 Å². The Bertz CT molecular complexity index is 527. The Kier molecular flexibility index (Phi) is 10.1. The van der Waals surface area contributed by atoms with Gasteiger partial charge in [0.05, 0.1) is 25.4 Å². The predicted octanol–water partition coefficient (Wildman–Crippen LogP) is -3.47. The van der Waals surface area contributed by atoms with Crippen molar-refractivity contribution < 1.29 is 53.8 Å². The summed E-state index contributed by atoms with van der Waals surface area (Å²) in [5, 5.41) is 42.6. The first-order chi connectivity index (χ1) is 13.2. The number of ether oxygens (including phenoxy) is 4. The van der Waals surface area contributed by atoms with Crippen LogP contribution in [0.5, 0.6) is 0 Å². The summed E-state index contributed by atoms with van der Waals surface area (Å²) in [6, 6.07) is -0.733. The zero-order chi connectivity index (χ0) is 21.4. The molecule has 0 aromatic heterocycles. The van der Waals surface area contributed by atoms with Crippen LogP contribution in [-0.2, 0) is 33.3 Å². The lowest BCUT2D eigenvalue weighted by Crippen LogP contribution is -2.66. The van der Waals surface area contributed by atoms with Gasteiger partial charge in [0.1, 0.15) is 36.6 Å². The molecule has 2 saturated heterocycles. The van der Waals surface area contributed by atoms with Crippen molar-refractivity contribution in [3.05, 3.63) is 0 Å². The first kappa shape index (κ1) is 24.6. The Labute approximate surface area is 161 Å². The maximum atomic E-state index is 11.5. The van der Waals surface area contributed by atoms with E-state index in [4.69, 9.17) is 28.5 Å². The fourth-order valence-electron chi connectivity index (χ4n) is 3.13. The highest BCUT2D eigenvalue weighted by Crippen LogP contribution is 2.27. The van der Waals surface area contributed by atoms with Crippen LogP contribution in [0.1, 0.15) is 13.8 Å². The predicted molar refractivity (Wildman–Crippen MR) is 87.5 cm³/mol. The standard InChI is InChI=1S/C15H27NO9.CO2/c1-6-10(16-7(2)18)14(12(20)8(4-17)24-6)25-15-13(21)11(19)9(22-3)5-23-15;2-1-3/h6,8-15,17,19-21H,4-5H2,1-3H3,(H,16,18);. The smallest absolute Gasteiger partial charge is 0.373 e. The van der Waals surface area contributed by atoms with Crippen LogP contribution in [0.3, 0.4) is 0 Å². The fraction of sp³-hybridized carbons (Fsp3) is 0.875. The number of hydrogen-bond acceptors (Lipinski definition) is 11. The second-order valence-corrected chi connectivity index (χ2v) is 6.42. The molecule has 2 aliphatic heterocycles. The molecule has 0 radical (unpaired) electrons. The summed E-state index contributed by atoms with van der Waals surface area (Å²) < 4.78 is 21.6. The molecule has 2 rings (SSSR count). The van der Waals surface area contributed by atoms with Crippen LogP contribution in [0.25, 0.3) is 0 Å². The lowest BCUT2D eigenvalue weighted by Gasteiger charge is -2.46. The molecule has 2 fully saturated rings. The highest BCUT2D eigenvalue weighted by atomic mass is 16.7. The first-order valence-electron chi connectivity index (χ1n) is 8.58. The van der Waals surface area contributed by atoms with E-state index in [1.54, 1.807) is 6.92 Å². The fourth-order valence-corrected chi connectivity index (χ4v) is 3.13. The monoisotopic (exact) mass is 409 g/mol. The summed E-state index contributed by atoms with van der Waals surface area (Å²) in [7, 11) is 1.38. The van der Waals surface area contributed by atoms with Crippen LogP contribution in [0.4, 0.5) is 0 Å². The lowest BCUT2D eigenvalue weighted by molar-refractivity contribution is -0.312. The van der Waals surface area contributed by atoms with Crippen molar-refractivity contribution in [2.24, 2.45) is 0 Å². The highest BCUT2D eigenvalue weighted by molar-refractivity contribution is 5.73. The van der Waals surface area contributed by atoms with Crippen molar-refractivity contribution in [3.63, 3.8) is 0 Å². The summed E-state index contributed by atoms with van der Waals surface area (Å²) in [4.78, 5) is 27.7. The molecular weight excluding hydrogens is 382 g/mol. The van der Waals surface area contributed by atoms with Crippen LogP contribution >= 0.6 is 0 Å². The third kappa shape index (κ3) is 6.01. The van der Waals surface area contributed by atoms with E-state index in [-0.39, 0.29) is 18.7 Å². The number of rotatable bonds is 5. The molecule has 12 nitrogen and oxygen atoms in total. The Morgan fingerprint density at radius 3 is 2.32 bits per heavy atom. The molecule has 0 aromatic carbocycles. The average molecular weight is 409 g/mol. The summed E-state index contributed by atoms with van der Waals surface area (Å²) in [5.41, 5.74) is 0. The van der Waals surface area contributed by atoms with E-state index >= 15 is 0 Å². The second-order valence-electron chi connectivity index (χ2n) is 6.42. The molecule has 0 aliphatic carbocycles. The van der Waals surface area contributed by atoms with Crippen molar-refractivity contribution in [2.45, 2.75) is 68.9 Å². The average Bonchev–Trinajstić information content (AvgIpc) is 2.64. The van der Waals surface area contributed by atoms with Crippen LogP contribution < -0.4 is 5.32 Å². The number of amides is 1. The minimum absolute atomic E-state index is 0.0114. The quantitative estimate of drug-likeness (QED) is 0.304. The number of methoxy groups -OCH3 is 1. The second kappa shape index (κ2) is 11.5. The van der Waals surface area contributed by atoms with Crippen molar-refractivity contribution in [3.8, 4) is 0 Å². The Hall–Kier alpha value is -1.47. The van der Waals surface area contributed by atoms with E-state index in [2.05, 4.69) is 5.32 Å². The van der Waals surface area contributed by atoms with Gasteiger partial charge in [-0.2, -0.15) is 9.59 Å². The Morgan fingerprint density at radius 2 is 1.82 bits per heavy atom. The highest BCUT2D eigenvalue weighted by Gasteiger charge is 2.48. The van der Waals surface area contributed by atoms with Crippen molar-refractivity contribution in [1.29, 1.82) is 0 Å². The molecule has 0 bridgehead atoms. The van der Waals surface area contributed by atoms with Gasteiger partial charge in [-0.05, 0) is 6.92 Å². The van der Waals surface area contributed by atoms with E-state index in [0.29, 0.717) is 0 Å². The molecule has 0 aromatic rings. The van der Waals surface area contributed by atoms with Gasteiger partial charge in [-0.15, -0.1) is 0 Å². The summed E-state index contributed by atoms with van der Waals surface area (Å²) in [6.45, 7) is 2.52. The van der Waals surface area contributed by atoms with Gasteiger partial charge in [-0.1, -0.05) is 0 Å². The third-order valence-corrected chi connectivity index (χ3v) is 4.54. The Morgan fingerprint density at radius 1 is 1.21 bits per heavy atom. The molecule has 9 atom stereocenters. The molecule has 1 amide bonds. The molecule has 28 heavy (non-hydrogen) atoms. The van der Waals surface area contributed by atoms with Gasteiger partial charge in [0.15, 0.2) is 6.29 Å². The summed E-state index contributed by atoms with van der Waals surface area (Å²) >= 11 is 0. The molecule has 12 heteroatoms. The molecule has 9 unspecified atom stereocenters. The van der Waals surface area contributed by atoms with Gasteiger partial charge < -0.3 is 44.7 Å². The zero-order valence-corrected chi connectivity index (χ0v) is 15.8. The zero-order valence-electron chi connectivity index (χ0n) is 15.8. The SMILES string of the molecule is COC1COC(OC2C(O)C(CO)OC(C)C2NC(C)=O)C(O)C1O.O=C=O. The number of hydrogen-bond donors (Lipinski definition) is 5. The van der Waals surface area contributed by atoms with Crippen LogP contribution in [-0.4, -0.2) is 108 Å². The molecule has 0 saturated carbocycles. The van der Waals surface area contributed by atoms with Gasteiger partial charge in [0.25, 0.3) is 0 Å². The van der Waals surface area contributed by atoms with Crippen LogP contribution in [0.2, 0.25) is 0 Å². The van der Waals surface area contributed by atoms with Gasteiger partial charge in [-0.3, -0.25) is 4.79 Å².